The second-order valence-electron chi connectivity index (χ2n) is 14.9. The first-order valence-corrected chi connectivity index (χ1v) is 22.1. The third-order valence-corrected chi connectivity index (χ3v) is 11.4. The van der Waals surface area contributed by atoms with Crippen LogP contribution < -0.4 is 25.4 Å². The maximum absolute atomic E-state index is 13.2. The number of ether oxygens (including phenoxy) is 3. The summed E-state index contributed by atoms with van der Waals surface area (Å²) in [6.45, 7) is 7.49. The number of carbonyl (C=O) groups excluding carboxylic acids is 2. The Kier molecular flexibility index (Phi) is 12.2. The van der Waals surface area contributed by atoms with Crippen molar-refractivity contribution < 1.29 is 37.0 Å². The molecule has 16 heteroatoms. The number of hydrogen-bond acceptors (Lipinski definition) is 9. The summed E-state index contributed by atoms with van der Waals surface area (Å²) in [5.41, 5.74) is 2.32. The third-order valence-electron chi connectivity index (χ3n) is 9.71. The quantitative estimate of drug-likeness (QED) is 0.0998. The van der Waals surface area contributed by atoms with E-state index in [1.807, 2.05) is 28.9 Å². The smallest absolute Gasteiger partial charge is 0.416 e. The van der Waals surface area contributed by atoms with Crippen molar-refractivity contribution in [3.05, 3.63) is 89.7 Å². The lowest BCUT2D eigenvalue weighted by Gasteiger charge is -2.30. The lowest BCUT2D eigenvalue weighted by molar-refractivity contribution is -0.137. The average molecular weight is 790 g/mol. The molecule has 5 aromatic rings. The van der Waals surface area contributed by atoms with Crippen molar-refractivity contribution in [3.63, 3.8) is 0 Å². The number of pyridine rings is 2. The van der Waals surface area contributed by atoms with Gasteiger partial charge in [0.2, 0.25) is 0 Å². The summed E-state index contributed by atoms with van der Waals surface area (Å²) < 4.78 is 58.3. The number of nitrogens with one attached hydrogen (secondary N) is 3. The van der Waals surface area contributed by atoms with E-state index in [0.717, 1.165) is 60.1 Å². The molecule has 296 valence electrons. The molecule has 2 atom stereocenters. The Hall–Kier alpha value is -5.64. The Morgan fingerprint density at radius 2 is 1.71 bits per heavy atom. The van der Waals surface area contributed by atoms with Crippen LogP contribution in [0.5, 0.6) is 11.5 Å². The minimum Gasteiger partial charge on any atom is -0.497 e. The molecule has 0 radical (unpaired) electrons. The van der Waals surface area contributed by atoms with E-state index in [4.69, 9.17) is 24.3 Å². The molecule has 3 heterocycles. The zero-order chi connectivity index (χ0) is 40.0. The van der Waals surface area contributed by atoms with Gasteiger partial charge in [-0.1, -0.05) is 31.8 Å². The number of rotatable bonds is 13. The van der Waals surface area contributed by atoms with Crippen molar-refractivity contribution in [2.24, 2.45) is 0 Å². The van der Waals surface area contributed by atoms with Gasteiger partial charge in [-0.3, -0.25) is 9.48 Å². The van der Waals surface area contributed by atoms with E-state index in [2.05, 4.69) is 40.6 Å². The molecule has 2 amide bonds. The van der Waals surface area contributed by atoms with Gasteiger partial charge >= 0.3 is 12.3 Å². The van der Waals surface area contributed by atoms with Crippen LogP contribution in [0.2, 0.25) is 25.7 Å². The van der Waals surface area contributed by atoms with E-state index in [-0.39, 0.29) is 23.5 Å². The molecule has 2 aromatic carbocycles. The molecule has 3 N–H and O–H groups in total. The Bertz CT molecular complexity index is 2170. The highest BCUT2D eigenvalue weighted by Crippen LogP contribution is 2.38. The molecule has 1 fully saturated rings. The molecule has 0 spiro atoms. The summed E-state index contributed by atoms with van der Waals surface area (Å²) in [4.78, 5) is 34.4. The van der Waals surface area contributed by atoms with Crippen LogP contribution in [0.1, 0.15) is 53.2 Å². The Morgan fingerprint density at radius 3 is 2.43 bits per heavy atom. The molecule has 0 saturated heterocycles. The standard InChI is InChI=1S/C40H46F3N7O5Si/c1-53-31-14-13-27(33(23-31)54-2)24-46-37-35-32(16-18-45-37)50(30-8-6-7-29(22-30)47-39(52)55-19-20-56(3,4)5)49-36(35)25-9-11-26(12-10-25)38(51)48-34-21-28(15-17-44-34)40(41,42)43/h9-18,21,23,29-30H,6-8,19-20,22,24H2,1-5H3,(H,45,46)(H,47,52)(H,44,48,51)/t29-,30-/m1/s1. The number of methoxy groups -OCH3 is 2. The van der Waals surface area contributed by atoms with Gasteiger partial charge < -0.3 is 30.2 Å². The average Bonchev–Trinajstić information content (AvgIpc) is 3.57. The summed E-state index contributed by atoms with van der Waals surface area (Å²) in [5.74, 6) is 1.06. The number of alkyl carbamates (subject to hydrolysis) is 1. The molecule has 56 heavy (non-hydrogen) atoms. The van der Waals surface area contributed by atoms with Gasteiger partial charge in [0.15, 0.2) is 0 Å². The van der Waals surface area contributed by atoms with Crippen LogP contribution in [0.4, 0.5) is 29.6 Å². The fraction of sp³-hybridized carbons (Fsp3) is 0.375. The molecule has 1 aliphatic carbocycles. The monoisotopic (exact) mass is 789 g/mol. The first-order valence-electron chi connectivity index (χ1n) is 18.4. The van der Waals surface area contributed by atoms with Crippen LogP contribution in [-0.2, 0) is 17.5 Å². The predicted octanol–water partition coefficient (Wildman–Crippen LogP) is 8.94. The van der Waals surface area contributed by atoms with Crippen LogP contribution in [0.15, 0.2) is 73.1 Å². The normalized spacial score (nSPS) is 15.9. The maximum atomic E-state index is 13.2. The minimum absolute atomic E-state index is 0.0470. The number of amides is 2. The Balaban J connectivity index is 1.29. The maximum Gasteiger partial charge on any atom is 0.416 e. The predicted molar refractivity (Wildman–Crippen MR) is 211 cm³/mol. The zero-order valence-corrected chi connectivity index (χ0v) is 33.0. The summed E-state index contributed by atoms with van der Waals surface area (Å²) in [6.07, 6.45) is 0.931. The second-order valence-corrected chi connectivity index (χ2v) is 20.6. The van der Waals surface area contributed by atoms with Crippen LogP contribution in [0.3, 0.4) is 0 Å². The molecule has 0 bridgehead atoms. The van der Waals surface area contributed by atoms with E-state index in [9.17, 15) is 22.8 Å². The van der Waals surface area contributed by atoms with Crippen molar-refractivity contribution in [2.75, 3.05) is 31.5 Å². The molecule has 1 saturated carbocycles. The second kappa shape index (κ2) is 17.0. The number of aromatic nitrogens is 4. The number of carbonyl (C=O) groups is 2. The number of nitrogens with zero attached hydrogens (tertiary/aromatic N) is 4. The van der Waals surface area contributed by atoms with Gasteiger partial charge in [-0.25, -0.2) is 14.8 Å². The molecule has 1 aliphatic rings. The van der Waals surface area contributed by atoms with Gasteiger partial charge in [0.1, 0.15) is 28.8 Å². The molecule has 12 nitrogen and oxygen atoms in total. The molecule has 3 aromatic heterocycles. The molecular formula is C40H46F3N7O5Si. The summed E-state index contributed by atoms with van der Waals surface area (Å²) >= 11 is 0. The third kappa shape index (κ3) is 9.77. The molecule has 6 rings (SSSR count). The van der Waals surface area contributed by atoms with Crippen molar-refractivity contribution in [2.45, 2.75) is 76.2 Å². The topological polar surface area (TPSA) is 142 Å². The lowest BCUT2D eigenvalue weighted by Crippen LogP contribution is -2.39. The number of benzene rings is 2. The van der Waals surface area contributed by atoms with Gasteiger partial charge in [-0.2, -0.15) is 18.3 Å². The number of anilines is 2. The van der Waals surface area contributed by atoms with Gasteiger partial charge in [0.05, 0.1) is 43.3 Å². The fourth-order valence-corrected chi connectivity index (χ4v) is 7.41. The minimum atomic E-state index is -4.58. The first-order chi connectivity index (χ1) is 26.7. The van der Waals surface area contributed by atoms with Gasteiger partial charge in [0.25, 0.3) is 5.91 Å². The van der Waals surface area contributed by atoms with Crippen molar-refractivity contribution in [1.82, 2.24) is 25.1 Å². The number of hydrogen-bond donors (Lipinski definition) is 3. The van der Waals surface area contributed by atoms with E-state index < -0.39 is 31.8 Å². The van der Waals surface area contributed by atoms with Crippen molar-refractivity contribution in [1.29, 1.82) is 0 Å². The number of fused-ring (bicyclic) bond motifs is 1. The summed E-state index contributed by atoms with van der Waals surface area (Å²) in [6, 6.07) is 16.5. The lowest BCUT2D eigenvalue weighted by atomic mass is 9.91. The largest absolute Gasteiger partial charge is 0.497 e. The molecule has 0 unspecified atom stereocenters. The van der Waals surface area contributed by atoms with Crippen LogP contribution in [-0.4, -0.2) is 66.7 Å². The highest BCUT2D eigenvalue weighted by atomic mass is 28.3. The SMILES string of the molecule is COc1ccc(CNc2nccc3c2c(-c2ccc(C(=O)Nc4cc(C(F)(F)F)ccn4)cc2)nn3[C@@H]2CCC[C@@H](NC(=O)OCC[Si](C)(C)C)C2)c(OC)c1. The van der Waals surface area contributed by atoms with Crippen molar-refractivity contribution in [3.8, 4) is 22.8 Å². The Morgan fingerprint density at radius 1 is 0.946 bits per heavy atom. The van der Waals surface area contributed by atoms with E-state index in [1.54, 1.807) is 44.7 Å². The van der Waals surface area contributed by atoms with E-state index in [0.29, 0.717) is 48.1 Å². The van der Waals surface area contributed by atoms with E-state index >= 15 is 0 Å². The van der Waals surface area contributed by atoms with Gasteiger partial charge in [0, 0.05) is 55.8 Å². The molecular weight excluding hydrogens is 744 g/mol. The highest BCUT2D eigenvalue weighted by molar-refractivity contribution is 6.76. The Labute approximate surface area is 324 Å². The fourth-order valence-electron chi connectivity index (χ4n) is 6.70. The highest BCUT2D eigenvalue weighted by Gasteiger charge is 2.31. The van der Waals surface area contributed by atoms with Crippen molar-refractivity contribution >= 4 is 42.6 Å². The van der Waals surface area contributed by atoms with Crippen LogP contribution >= 0.6 is 0 Å². The molecule has 0 aliphatic heterocycles. The van der Waals surface area contributed by atoms with Gasteiger partial charge in [-0.15, -0.1) is 0 Å². The number of halogens is 3. The summed E-state index contributed by atoms with van der Waals surface area (Å²) in [7, 11) is 1.84. The van der Waals surface area contributed by atoms with Crippen LogP contribution in [0.25, 0.3) is 22.2 Å². The zero-order valence-electron chi connectivity index (χ0n) is 32.0. The van der Waals surface area contributed by atoms with E-state index in [1.165, 1.54) is 0 Å². The van der Waals surface area contributed by atoms with Gasteiger partial charge in [-0.05, 0) is 74.2 Å². The first kappa shape index (κ1) is 40.0. The number of alkyl halides is 3. The van der Waals surface area contributed by atoms with Crippen LogP contribution in [0, 0.1) is 0 Å². The summed E-state index contributed by atoms with van der Waals surface area (Å²) in [5, 5.41) is 14.9.